The number of primary sulfonamides is 1. The molecule has 26 heavy (non-hydrogen) atoms. The smallest absolute Gasteiger partial charge is 0.264 e. The van der Waals surface area contributed by atoms with Crippen LogP contribution in [-0.4, -0.2) is 34.8 Å². The maximum absolute atomic E-state index is 13.2. The minimum Gasteiger partial charge on any atom is -0.343 e. The van der Waals surface area contributed by atoms with Crippen LogP contribution < -0.4 is 14.9 Å². The Morgan fingerprint density at radius 2 is 1.85 bits per heavy atom. The van der Waals surface area contributed by atoms with Crippen molar-refractivity contribution >= 4 is 38.9 Å². The van der Waals surface area contributed by atoms with Crippen LogP contribution in [0.1, 0.15) is 15.9 Å². The Morgan fingerprint density at radius 1 is 1.19 bits per heavy atom. The van der Waals surface area contributed by atoms with Crippen LogP contribution in [0.5, 0.6) is 0 Å². The molecule has 1 unspecified atom stereocenters. The van der Waals surface area contributed by atoms with Crippen LogP contribution in [0, 0.1) is 6.92 Å². The van der Waals surface area contributed by atoms with Gasteiger partial charge in [-0.15, -0.1) is 0 Å². The first-order valence-electron chi connectivity index (χ1n) is 7.68. The highest BCUT2D eigenvalue weighted by Gasteiger charge is 2.39. The minimum atomic E-state index is -4.07. The van der Waals surface area contributed by atoms with E-state index in [9.17, 15) is 13.2 Å². The third-order valence-electron chi connectivity index (χ3n) is 4.32. The number of methoxy groups -OCH3 is 1. The number of halogens is 1. The molecule has 2 aromatic carbocycles. The molecule has 3 rings (SSSR count). The summed E-state index contributed by atoms with van der Waals surface area (Å²) in [6.45, 7) is 1.88. The van der Waals surface area contributed by atoms with Crippen LogP contribution in [-0.2, 0) is 14.8 Å². The van der Waals surface area contributed by atoms with Crippen LogP contribution in [0.3, 0.4) is 0 Å². The summed E-state index contributed by atoms with van der Waals surface area (Å²) in [5.74, 6) is -0.402. The van der Waals surface area contributed by atoms with E-state index in [4.69, 9.17) is 21.5 Å². The Balaban J connectivity index is 2.25. The first kappa shape index (κ1) is 18.7. The second-order valence-electron chi connectivity index (χ2n) is 5.98. The molecule has 0 aliphatic carbocycles. The van der Waals surface area contributed by atoms with Crippen LogP contribution in [0.25, 0.3) is 0 Å². The molecular weight excluding hydrogens is 378 g/mol. The number of aryl methyl sites for hydroxylation is 1. The Morgan fingerprint density at radius 3 is 2.42 bits per heavy atom. The summed E-state index contributed by atoms with van der Waals surface area (Å²) in [6.07, 6.45) is -0.715. The molecule has 0 aromatic heterocycles. The summed E-state index contributed by atoms with van der Waals surface area (Å²) in [7, 11) is -0.845. The van der Waals surface area contributed by atoms with Crippen molar-refractivity contribution in [1.29, 1.82) is 0 Å². The molecule has 0 saturated carbocycles. The Kier molecular flexibility index (Phi) is 4.70. The number of benzene rings is 2. The number of carbonyl (C=O) groups is 1. The minimum absolute atomic E-state index is 0.0508. The fourth-order valence-electron chi connectivity index (χ4n) is 3.07. The quantitative estimate of drug-likeness (QED) is 0.860. The van der Waals surface area contributed by atoms with Crippen LogP contribution in [0.2, 0.25) is 5.02 Å². The Hall–Kier alpha value is -2.13. The largest absolute Gasteiger partial charge is 0.343 e. The number of fused-ring (bicyclic) bond motifs is 1. The average Bonchev–Trinajstić information content (AvgIpc) is 2.57. The summed E-state index contributed by atoms with van der Waals surface area (Å²) in [5.41, 5.74) is 2.18. The van der Waals surface area contributed by atoms with Gasteiger partial charge in [-0.25, -0.2) is 13.6 Å². The number of nitrogens with zero attached hydrogens (tertiary/aromatic N) is 2. The molecule has 0 saturated heterocycles. The van der Waals surface area contributed by atoms with E-state index in [0.29, 0.717) is 11.4 Å². The second kappa shape index (κ2) is 6.55. The molecule has 0 radical (unpaired) electrons. The van der Waals surface area contributed by atoms with Crippen molar-refractivity contribution in [3.05, 3.63) is 52.5 Å². The molecule has 2 aromatic rings. The summed E-state index contributed by atoms with van der Waals surface area (Å²) < 4.78 is 29.1. The second-order valence-corrected chi connectivity index (χ2v) is 7.92. The molecule has 1 heterocycles. The highest BCUT2D eigenvalue weighted by atomic mass is 35.5. The average molecular weight is 396 g/mol. The number of sulfonamides is 1. The lowest BCUT2D eigenvalue weighted by Crippen LogP contribution is -2.55. The van der Waals surface area contributed by atoms with Crippen molar-refractivity contribution in [2.45, 2.75) is 18.2 Å². The molecule has 7 nitrogen and oxygen atoms in total. The number of amides is 1. The zero-order chi connectivity index (χ0) is 19.2. The van der Waals surface area contributed by atoms with Gasteiger partial charge in [0.05, 0.1) is 22.0 Å². The van der Waals surface area contributed by atoms with Gasteiger partial charge in [0.25, 0.3) is 5.91 Å². The van der Waals surface area contributed by atoms with E-state index in [2.05, 4.69) is 0 Å². The normalized spacial score (nSPS) is 17.4. The van der Waals surface area contributed by atoms with Crippen LogP contribution in [0.15, 0.2) is 41.3 Å². The third kappa shape index (κ3) is 2.95. The number of para-hydroxylation sites is 1. The van der Waals surface area contributed by atoms with E-state index in [1.54, 1.807) is 18.0 Å². The van der Waals surface area contributed by atoms with Crippen molar-refractivity contribution in [2.24, 2.45) is 5.14 Å². The summed E-state index contributed by atoms with van der Waals surface area (Å²) in [6, 6.07) is 9.98. The van der Waals surface area contributed by atoms with Crippen LogP contribution >= 0.6 is 11.6 Å². The maximum atomic E-state index is 13.2. The molecule has 1 amide bonds. The van der Waals surface area contributed by atoms with Gasteiger partial charge in [-0.1, -0.05) is 29.8 Å². The van der Waals surface area contributed by atoms with E-state index < -0.39 is 22.3 Å². The van der Waals surface area contributed by atoms with Gasteiger partial charge in [-0.05, 0) is 30.7 Å². The SMILES string of the molecule is COC1N(C)c2cc(Cl)c(S(N)(=O)=O)cc2C(=O)N1c1ccccc1C. The van der Waals surface area contributed by atoms with E-state index >= 15 is 0 Å². The van der Waals surface area contributed by atoms with Gasteiger partial charge in [-0.3, -0.25) is 9.69 Å². The fraction of sp³-hybridized carbons (Fsp3) is 0.235. The number of hydrogen-bond acceptors (Lipinski definition) is 5. The zero-order valence-corrected chi connectivity index (χ0v) is 16.0. The molecule has 138 valence electrons. The summed E-state index contributed by atoms with van der Waals surface area (Å²) in [4.78, 5) is 16.1. The molecule has 2 N–H and O–H groups in total. The Bertz CT molecular complexity index is 993. The van der Waals surface area contributed by atoms with E-state index in [0.717, 1.165) is 5.56 Å². The number of carbonyl (C=O) groups excluding carboxylic acids is 1. The van der Waals surface area contributed by atoms with Gasteiger partial charge < -0.3 is 9.64 Å². The monoisotopic (exact) mass is 395 g/mol. The van der Waals surface area contributed by atoms with Crippen molar-refractivity contribution in [1.82, 2.24) is 0 Å². The lowest BCUT2D eigenvalue weighted by atomic mass is 10.1. The maximum Gasteiger partial charge on any atom is 0.264 e. The highest BCUT2D eigenvalue weighted by molar-refractivity contribution is 7.89. The molecule has 9 heteroatoms. The van der Waals surface area contributed by atoms with Crippen molar-refractivity contribution in [3.63, 3.8) is 0 Å². The molecule has 0 fully saturated rings. The Labute approximate surface area is 157 Å². The number of nitrogens with two attached hydrogens (primary N) is 1. The number of ether oxygens (including phenoxy) is 1. The topological polar surface area (TPSA) is 92.9 Å². The van der Waals surface area contributed by atoms with Gasteiger partial charge in [0.1, 0.15) is 4.90 Å². The highest BCUT2D eigenvalue weighted by Crippen LogP contribution is 2.38. The van der Waals surface area contributed by atoms with Gasteiger partial charge in [0.15, 0.2) is 0 Å². The van der Waals surface area contributed by atoms with Crippen molar-refractivity contribution in [3.8, 4) is 0 Å². The lowest BCUT2D eigenvalue weighted by Gasteiger charge is -2.43. The first-order valence-corrected chi connectivity index (χ1v) is 9.60. The van der Waals surface area contributed by atoms with E-state index in [-0.39, 0.29) is 15.5 Å². The molecule has 1 aliphatic heterocycles. The lowest BCUT2D eigenvalue weighted by molar-refractivity contribution is 0.0714. The van der Waals surface area contributed by atoms with Crippen molar-refractivity contribution < 1.29 is 17.9 Å². The zero-order valence-electron chi connectivity index (χ0n) is 14.4. The van der Waals surface area contributed by atoms with E-state index in [1.165, 1.54) is 24.1 Å². The third-order valence-corrected chi connectivity index (χ3v) is 5.70. The van der Waals surface area contributed by atoms with Gasteiger partial charge in [-0.2, -0.15) is 0 Å². The van der Waals surface area contributed by atoms with Gasteiger partial charge >= 0.3 is 0 Å². The van der Waals surface area contributed by atoms with Gasteiger partial charge in [0, 0.05) is 14.2 Å². The molecule has 0 bridgehead atoms. The summed E-state index contributed by atoms with van der Waals surface area (Å²) in [5, 5.41) is 5.17. The number of hydrogen-bond donors (Lipinski definition) is 1. The van der Waals surface area contributed by atoms with Crippen molar-refractivity contribution in [2.75, 3.05) is 24.0 Å². The number of anilines is 2. The molecule has 0 spiro atoms. The first-order chi connectivity index (χ1) is 12.2. The fourth-order valence-corrected chi connectivity index (χ4v) is 4.17. The molecule has 1 aliphatic rings. The van der Waals surface area contributed by atoms with E-state index in [1.807, 2.05) is 25.1 Å². The predicted octanol–water partition coefficient (Wildman–Crippen LogP) is 2.32. The molecular formula is C17H18ClN3O4S. The molecule has 1 atom stereocenters. The predicted molar refractivity (Wildman–Crippen MR) is 100 cm³/mol. The van der Waals surface area contributed by atoms with Gasteiger partial charge in [0.2, 0.25) is 16.4 Å². The summed E-state index contributed by atoms with van der Waals surface area (Å²) >= 11 is 6.08. The standard InChI is InChI=1S/C17H18ClN3O4S/c1-10-6-4-5-7-13(10)21-16(22)11-8-15(26(19,23)24)12(18)9-14(11)20(2)17(21)25-3/h4-9,17H,1-3H3,(H2,19,23,24). The number of rotatable bonds is 3. The van der Waals surface area contributed by atoms with Crippen LogP contribution in [0.4, 0.5) is 11.4 Å².